The second-order valence-corrected chi connectivity index (χ2v) is 4.87. The number of carbonyl (C=O) groups is 1. The first-order valence-corrected chi connectivity index (χ1v) is 6.94. The highest BCUT2D eigenvalue weighted by atomic mass is 16.1. The van der Waals surface area contributed by atoms with Gasteiger partial charge in [0.05, 0.1) is 5.92 Å². The van der Waals surface area contributed by atoms with E-state index in [0.29, 0.717) is 6.54 Å². The standard InChI is InChI=1S/C13H27N3O/c1-3-5-11(10-14)13(17)15-8-9-16(4-2)12-6-7-12/h11-12H,3-10,14H2,1-2H3,(H,15,17). The van der Waals surface area contributed by atoms with Crippen molar-refractivity contribution in [2.45, 2.75) is 45.6 Å². The molecule has 0 bridgehead atoms. The molecule has 3 N–H and O–H groups in total. The van der Waals surface area contributed by atoms with Gasteiger partial charge < -0.3 is 11.1 Å². The summed E-state index contributed by atoms with van der Waals surface area (Å²) < 4.78 is 0. The summed E-state index contributed by atoms with van der Waals surface area (Å²) in [4.78, 5) is 14.3. The molecule has 0 aromatic rings. The van der Waals surface area contributed by atoms with Crippen LogP contribution in [0.3, 0.4) is 0 Å². The maximum atomic E-state index is 11.8. The Labute approximate surface area is 105 Å². The molecule has 1 atom stereocenters. The van der Waals surface area contributed by atoms with Gasteiger partial charge in [0.25, 0.3) is 0 Å². The molecule has 1 amide bonds. The van der Waals surface area contributed by atoms with E-state index in [-0.39, 0.29) is 11.8 Å². The second-order valence-electron chi connectivity index (χ2n) is 4.87. The van der Waals surface area contributed by atoms with Crippen molar-refractivity contribution in [1.82, 2.24) is 10.2 Å². The monoisotopic (exact) mass is 241 g/mol. The highest BCUT2D eigenvalue weighted by molar-refractivity contribution is 5.78. The average Bonchev–Trinajstić information content (AvgIpc) is 3.15. The van der Waals surface area contributed by atoms with Crippen LogP contribution >= 0.6 is 0 Å². The quantitative estimate of drug-likeness (QED) is 0.632. The minimum absolute atomic E-state index is 0.00370. The molecule has 1 rings (SSSR count). The minimum atomic E-state index is -0.00370. The van der Waals surface area contributed by atoms with Crippen LogP contribution in [0.1, 0.15) is 39.5 Å². The van der Waals surface area contributed by atoms with Crippen molar-refractivity contribution in [2.24, 2.45) is 11.7 Å². The normalized spacial score (nSPS) is 17.2. The molecule has 17 heavy (non-hydrogen) atoms. The van der Waals surface area contributed by atoms with Crippen LogP contribution in [0.2, 0.25) is 0 Å². The van der Waals surface area contributed by atoms with E-state index in [2.05, 4.69) is 24.1 Å². The van der Waals surface area contributed by atoms with Gasteiger partial charge >= 0.3 is 0 Å². The largest absolute Gasteiger partial charge is 0.355 e. The molecule has 0 aromatic carbocycles. The molecule has 0 aliphatic heterocycles. The van der Waals surface area contributed by atoms with E-state index in [0.717, 1.165) is 38.5 Å². The number of nitrogens with zero attached hydrogens (tertiary/aromatic N) is 1. The second kappa shape index (κ2) is 7.67. The summed E-state index contributed by atoms with van der Waals surface area (Å²) in [5, 5.41) is 3.01. The third-order valence-corrected chi connectivity index (χ3v) is 3.46. The van der Waals surface area contributed by atoms with Crippen molar-refractivity contribution < 1.29 is 4.79 Å². The molecular formula is C13H27N3O. The molecular weight excluding hydrogens is 214 g/mol. The summed E-state index contributed by atoms with van der Waals surface area (Å²) in [5.74, 6) is 0.122. The van der Waals surface area contributed by atoms with Crippen LogP contribution in [0.5, 0.6) is 0 Å². The maximum absolute atomic E-state index is 11.8. The van der Waals surface area contributed by atoms with Crippen molar-refractivity contribution in [3.05, 3.63) is 0 Å². The third kappa shape index (κ3) is 5.04. The number of nitrogens with two attached hydrogens (primary N) is 1. The summed E-state index contributed by atoms with van der Waals surface area (Å²) in [6.45, 7) is 7.52. The first kappa shape index (κ1) is 14.5. The summed E-state index contributed by atoms with van der Waals surface area (Å²) in [5.41, 5.74) is 5.60. The van der Waals surface area contributed by atoms with Crippen molar-refractivity contribution >= 4 is 5.91 Å². The lowest BCUT2D eigenvalue weighted by molar-refractivity contribution is -0.124. The first-order chi connectivity index (χ1) is 8.22. The molecule has 4 nitrogen and oxygen atoms in total. The molecule has 1 saturated carbocycles. The lowest BCUT2D eigenvalue weighted by Crippen LogP contribution is -2.40. The predicted octanol–water partition coefficient (Wildman–Crippen LogP) is 0.962. The average molecular weight is 241 g/mol. The van der Waals surface area contributed by atoms with Gasteiger partial charge in [0.1, 0.15) is 0 Å². The van der Waals surface area contributed by atoms with Gasteiger partial charge in [-0.3, -0.25) is 9.69 Å². The van der Waals surface area contributed by atoms with E-state index >= 15 is 0 Å². The van der Waals surface area contributed by atoms with E-state index in [1.54, 1.807) is 0 Å². The number of amides is 1. The van der Waals surface area contributed by atoms with E-state index < -0.39 is 0 Å². The van der Waals surface area contributed by atoms with Crippen LogP contribution in [0.4, 0.5) is 0 Å². The Morgan fingerprint density at radius 3 is 2.65 bits per heavy atom. The molecule has 0 heterocycles. The van der Waals surface area contributed by atoms with Crippen molar-refractivity contribution in [3.8, 4) is 0 Å². The van der Waals surface area contributed by atoms with Crippen LogP contribution in [0.15, 0.2) is 0 Å². The molecule has 4 heteroatoms. The molecule has 1 aliphatic carbocycles. The number of carbonyl (C=O) groups excluding carboxylic acids is 1. The van der Waals surface area contributed by atoms with Gasteiger partial charge in [0, 0.05) is 25.7 Å². The van der Waals surface area contributed by atoms with E-state index in [1.165, 1.54) is 12.8 Å². The molecule has 0 aromatic heterocycles. The summed E-state index contributed by atoms with van der Waals surface area (Å²) in [6.07, 6.45) is 4.55. The molecule has 0 spiro atoms. The van der Waals surface area contributed by atoms with Crippen molar-refractivity contribution in [2.75, 3.05) is 26.2 Å². The molecule has 100 valence electrons. The smallest absolute Gasteiger partial charge is 0.224 e. The van der Waals surface area contributed by atoms with Gasteiger partial charge in [0.15, 0.2) is 0 Å². The van der Waals surface area contributed by atoms with Crippen LogP contribution in [-0.2, 0) is 4.79 Å². The van der Waals surface area contributed by atoms with Crippen LogP contribution in [0, 0.1) is 5.92 Å². The molecule has 1 fully saturated rings. The SMILES string of the molecule is CCCC(CN)C(=O)NCCN(CC)C1CC1. The zero-order valence-corrected chi connectivity index (χ0v) is 11.2. The van der Waals surface area contributed by atoms with Gasteiger partial charge in [-0.05, 0) is 25.8 Å². The Balaban J connectivity index is 2.17. The number of likely N-dealkylation sites (N-methyl/N-ethyl adjacent to an activating group) is 1. The molecule has 1 aliphatic rings. The fourth-order valence-electron chi connectivity index (χ4n) is 2.21. The Kier molecular flexibility index (Phi) is 6.52. The van der Waals surface area contributed by atoms with E-state index in [4.69, 9.17) is 5.73 Å². The van der Waals surface area contributed by atoms with Crippen molar-refractivity contribution in [1.29, 1.82) is 0 Å². The predicted molar refractivity (Wildman–Crippen MR) is 70.7 cm³/mol. The Morgan fingerprint density at radius 2 is 2.18 bits per heavy atom. The fraction of sp³-hybridized carbons (Fsp3) is 0.923. The zero-order chi connectivity index (χ0) is 12.7. The summed E-state index contributed by atoms with van der Waals surface area (Å²) in [6, 6.07) is 0.776. The Bertz CT molecular complexity index is 229. The lowest BCUT2D eigenvalue weighted by atomic mass is 10.0. The highest BCUT2D eigenvalue weighted by Crippen LogP contribution is 2.25. The van der Waals surface area contributed by atoms with Gasteiger partial charge in [-0.1, -0.05) is 20.3 Å². The first-order valence-electron chi connectivity index (χ1n) is 6.94. The van der Waals surface area contributed by atoms with Crippen molar-refractivity contribution in [3.63, 3.8) is 0 Å². The molecule has 0 saturated heterocycles. The van der Waals surface area contributed by atoms with Gasteiger partial charge in [-0.15, -0.1) is 0 Å². The fourth-order valence-corrected chi connectivity index (χ4v) is 2.21. The molecule has 0 radical (unpaired) electrons. The van der Waals surface area contributed by atoms with Gasteiger partial charge in [-0.2, -0.15) is 0 Å². The van der Waals surface area contributed by atoms with E-state index in [1.807, 2.05) is 0 Å². The molecule has 1 unspecified atom stereocenters. The van der Waals surface area contributed by atoms with Crippen LogP contribution in [-0.4, -0.2) is 43.0 Å². The van der Waals surface area contributed by atoms with Crippen LogP contribution < -0.4 is 11.1 Å². The zero-order valence-electron chi connectivity index (χ0n) is 11.2. The number of rotatable bonds is 9. The summed E-state index contributed by atoms with van der Waals surface area (Å²) >= 11 is 0. The number of hydrogen-bond acceptors (Lipinski definition) is 3. The topological polar surface area (TPSA) is 58.4 Å². The highest BCUT2D eigenvalue weighted by Gasteiger charge is 2.27. The maximum Gasteiger partial charge on any atom is 0.224 e. The Hall–Kier alpha value is -0.610. The van der Waals surface area contributed by atoms with Gasteiger partial charge in [0.2, 0.25) is 5.91 Å². The van der Waals surface area contributed by atoms with Gasteiger partial charge in [-0.25, -0.2) is 0 Å². The van der Waals surface area contributed by atoms with Crippen LogP contribution in [0.25, 0.3) is 0 Å². The third-order valence-electron chi connectivity index (χ3n) is 3.46. The summed E-state index contributed by atoms with van der Waals surface area (Å²) in [7, 11) is 0. The van der Waals surface area contributed by atoms with E-state index in [9.17, 15) is 4.79 Å². The number of hydrogen-bond donors (Lipinski definition) is 2. The lowest BCUT2D eigenvalue weighted by Gasteiger charge is -2.21. The number of nitrogens with one attached hydrogen (secondary N) is 1. The Morgan fingerprint density at radius 1 is 1.47 bits per heavy atom. The minimum Gasteiger partial charge on any atom is -0.355 e.